The average molecular weight is 406 g/mol. The van der Waals surface area contributed by atoms with Crippen molar-refractivity contribution < 1.29 is 14.1 Å². The van der Waals surface area contributed by atoms with Crippen molar-refractivity contribution >= 4 is 22.7 Å². The van der Waals surface area contributed by atoms with Gasteiger partial charge < -0.3 is 18.9 Å². The monoisotopic (exact) mass is 406 g/mol. The molecule has 0 N–H and O–H groups in total. The number of aryl methyl sites for hydroxylation is 2. The summed E-state index contributed by atoms with van der Waals surface area (Å²) >= 11 is 0. The number of fused-ring (bicyclic) bond motifs is 1. The molecule has 5 rings (SSSR count). The Morgan fingerprint density at radius 2 is 1.70 bits per heavy atom. The van der Waals surface area contributed by atoms with Crippen LogP contribution in [0.1, 0.15) is 46.0 Å². The summed E-state index contributed by atoms with van der Waals surface area (Å²) in [6.07, 6.45) is 2.82. The Labute approximate surface area is 175 Å². The van der Waals surface area contributed by atoms with Gasteiger partial charge in [-0.15, -0.1) is 0 Å². The Kier molecular flexibility index (Phi) is 4.41. The number of piperidine rings is 1. The summed E-state index contributed by atoms with van der Waals surface area (Å²) in [5.41, 5.74) is 2.29. The second kappa shape index (κ2) is 7.00. The molecule has 4 heterocycles. The quantitative estimate of drug-likeness (QED) is 0.655. The highest BCUT2D eigenvalue weighted by molar-refractivity contribution is 5.98. The van der Waals surface area contributed by atoms with Crippen molar-refractivity contribution in [3.05, 3.63) is 53.5 Å². The summed E-state index contributed by atoms with van der Waals surface area (Å²) in [4.78, 5) is 29.7. The molecule has 1 aromatic carbocycles. The minimum atomic E-state index is -0.0577. The number of carbonyl (C=O) groups excluding carboxylic acids is 2. The molecule has 0 atom stereocenters. The molecule has 7 nitrogen and oxygen atoms in total. The number of nitrogens with zero attached hydrogens (tertiary/aromatic N) is 4. The van der Waals surface area contributed by atoms with Crippen LogP contribution in [-0.2, 0) is 7.05 Å². The molecular formula is C23H26N4O3. The summed E-state index contributed by atoms with van der Waals surface area (Å²) < 4.78 is 7.04. The predicted octanol–water partition coefficient (Wildman–Crippen LogP) is 3.24. The van der Waals surface area contributed by atoms with E-state index >= 15 is 0 Å². The molecule has 0 radical (unpaired) electrons. The van der Waals surface area contributed by atoms with E-state index < -0.39 is 0 Å². The SMILES string of the molecule is Cc1cc(C(=O)N2CCC3(CCN(C(=O)c4cc5ccccc5n4C)CC3)C2)no1. The van der Waals surface area contributed by atoms with Crippen LogP contribution in [0.2, 0.25) is 0 Å². The third-order valence-electron chi connectivity index (χ3n) is 6.85. The molecule has 2 aliphatic rings. The molecule has 7 heteroatoms. The number of likely N-dealkylation sites (tertiary alicyclic amines) is 2. The van der Waals surface area contributed by atoms with Gasteiger partial charge in [0.2, 0.25) is 0 Å². The van der Waals surface area contributed by atoms with E-state index in [9.17, 15) is 9.59 Å². The van der Waals surface area contributed by atoms with Crippen LogP contribution >= 0.6 is 0 Å². The molecule has 3 aromatic rings. The van der Waals surface area contributed by atoms with Crippen LogP contribution < -0.4 is 0 Å². The number of carbonyl (C=O) groups is 2. The number of benzene rings is 1. The van der Waals surface area contributed by atoms with Crippen LogP contribution in [-0.4, -0.2) is 57.5 Å². The summed E-state index contributed by atoms with van der Waals surface area (Å²) in [5.74, 6) is 0.678. The lowest BCUT2D eigenvalue weighted by atomic mass is 9.77. The summed E-state index contributed by atoms with van der Waals surface area (Å²) in [6, 6.07) is 11.7. The standard InChI is InChI=1S/C23H26N4O3/c1-16-13-18(24-30-16)21(28)27-12-9-23(15-27)7-10-26(11-8-23)22(29)20-14-17-5-3-4-6-19(17)25(20)2/h3-6,13-14H,7-12,15H2,1-2H3. The van der Waals surface area contributed by atoms with Crippen LogP contribution in [0.25, 0.3) is 10.9 Å². The number of para-hydroxylation sites is 1. The lowest BCUT2D eigenvalue weighted by molar-refractivity contribution is 0.0556. The van der Waals surface area contributed by atoms with Crippen LogP contribution in [0.4, 0.5) is 0 Å². The molecule has 2 aromatic heterocycles. The van der Waals surface area contributed by atoms with E-state index in [-0.39, 0.29) is 17.2 Å². The Morgan fingerprint density at radius 3 is 2.37 bits per heavy atom. The average Bonchev–Trinajstić information content (AvgIpc) is 3.46. The molecule has 2 saturated heterocycles. The van der Waals surface area contributed by atoms with E-state index in [4.69, 9.17) is 4.52 Å². The maximum Gasteiger partial charge on any atom is 0.276 e. The van der Waals surface area contributed by atoms with Crippen molar-refractivity contribution in [3.63, 3.8) is 0 Å². The maximum atomic E-state index is 13.2. The van der Waals surface area contributed by atoms with Crippen LogP contribution in [0, 0.1) is 12.3 Å². The minimum Gasteiger partial charge on any atom is -0.361 e. The largest absolute Gasteiger partial charge is 0.361 e. The van der Waals surface area contributed by atoms with Crippen LogP contribution in [0.3, 0.4) is 0 Å². The molecular weight excluding hydrogens is 380 g/mol. The van der Waals surface area contributed by atoms with Gasteiger partial charge in [0.25, 0.3) is 11.8 Å². The van der Waals surface area contributed by atoms with Gasteiger partial charge in [-0.1, -0.05) is 23.4 Å². The maximum absolute atomic E-state index is 13.2. The molecule has 0 aliphatic carbocycles. The molecule has 2 fully saturated rings. The zero-order valence-corrected chi connectivity index (χ0v) is 17.4. The van der Waals surface area contributed by atoms with Crippen molar-refractivity contribution in [1.82, 2.24) is 19.5 Å². The van der Waals surface area contributed by atoms with Gasteiger partial charge in [0.1, 0.15) is 11.5 Å². The van der Waals surface area contributed by atoms with Gasteiger partial charge in [0, 0.05) is 50.2 Å². The highest BCUT2D eigenvalue weighted by atomic mass is 16.5. The highest BCUT2D eigenvalue weighted by Gasteiger charge is 2.43. The van der Waals surface area contributed by atoms with Crippen molar-refractivity contribution in [2.45, 2.75) is 26.2 Å². The fourth-order valence-corrected chi connectivity index (χ4v) is 4.99. The van der Waals surface area contributed by atoms with E-state index in [1.54, 1.807) is 13.0 Å². The third-order valence-corrected chi connectivity index (χ3v) is 6.85. The Balaban J connectivity index is 1.25. The Bertz CT molecular complexity index is 1120. The van der Waals surface area contributed by atoms with E-state index in [1.807, 2.05) is 51.7 Å². The van der Waals surface area contributed by atoms with Gasteiger partial charge in [-0.25, -0.2) is 0 Å². The second-order valence-electron chi connectivity index (χ2n) is 8.74. The van der Waals surface area contributed by atoms with Crippen molar-refractivity contribution in [2.24, 2.45) is 12.5 Å². The molecule has 0 bridgehead atoms. The fraction of sp³-hybridized carbons (Fsp3) is 0.435. The first kappa shape index (κ1) is 18.9. The Hall–Kier alpha value is -3.09. The molecule has 2 aliphatic heterocycles. The molecule has 0 unspecified atom stereocenters. The molecule has 156 valence electrons. The van der Waals surface area contributed by atoms with Crippen LogP contribution in [0.5, 0.6) is 0 Å². The van der Waals surface area contributed by atoms with Crippen molar-refractivity contribution in [1.29, 1.82) is 0 Å². The van der Waals surface area contributed by atoms with E-state index in [0.29, 0.717) is 11.5 Å². The summed E-state index contributed by atoms with van der Waals surface area (Å²) in [5, 5.41) is 4.96. The highest BCUT2D eigenvalue weighted by Crippen LogP contribution is 2.41. The lowest BCUT2D eigenvalue weighted by Gasteiger charge is -2.39. The van der Waals surface area contributed by atoms with Gasteiger partial charge in [0.05, 0.1) is 0 Å². The third kappa shape index (κ3) is 3.09. The first-order chi connectivity index (χ1) is 14.5. The predicted molar refractivity (Wildman–Crippen MR) is 112 cm³/mol. The molecule has 1 spiro atoms. The van der Waals surface area contributed by atoms with Gasteiger partial charge in [0.15, 0.2) is 5.69 Å². The number of hydrogen-bond donors (Lipinski definition) is 0. The smallest absolute Gasteiger partial charge is 0.276 e. The summed E-state index contributed by atoms with van der Waals surface area (Å²) in [6.45, 7) is 4.71. The van der Waals surface area contributed by atoms with Crippen molar-refractivity contribution in [2.75, 3.05) is 26.2 Å². The first-order valence-electron chi connectivity index (χ1n) is 10.5. The van der Waals surface area contributed by atoms with Crippen LogP contribution in [0.15, 0.2) is 40.9 Å². The number of rotatable bonds is 2. The van der Waals surface area contributed by atoms with Crippen molar-refractivity contribution in [3.8, 4) is 0 Å². The van der Waals surface area contributed by atoms with Gasteiger partial charge in [-0.2, -0.15) is 0 Å². The zero-order valence-electron chi connectivity index (χ0n) is 17.4. The van der Waals surface area contributed by atoms with Gasteiger partial charge in [-0.3, -0.25) is 9.59 Å². The minimum absolute atomic E-state index is 0.0577. The van der Waals surface area contributed by atoms with Gasteiger partial charge >= 0.3 is 0 Å². The number of aromatic nitrogens is 2. The molecule has 0 saturated carbocycles. The topological polar surface area (TPSA) is 71.6 Å². The van der Waals surface area contributed by atoms with Gasteiger partial charge in [-0.05, 0) is 43.7 Å². The Morgan fingerprint density at radius 1 is 1.00 bits per heavy atom. The van der Waals surface area contributed by atoms with E-state index in [0.717, 1.165) is 62.0 Å². The van der Waals surface area contributed by atoms with E-state index in [1.165, 1.54) is 0 Å². The fourth-order valence-electron chi connectivity index (χ4n) is 4.99. The van der Waals surface area contributed by atoms with E-state index in [2.05, 4.69) is 5.16 Å². The lowest BCUT2D eigenvalue weighted by Crippen LogP contribution is -2.45. The molecule has 2 amide bonds. The molecule has 30 heavy (non-hydrogen) atoms. The second-order valence-corrected chi connectivity index (χ2v) is 8.74. The number of amides is 2. The summed E-state index contributed by atoms with van der Waals surface area (Å²) in [7, 11) is 1.95. The normalized spacial score (nSPS) is 18.5. The number of hydrogen-bond acceptors (Lipinski definition) is 4. The zero-order chi connectivity index (χ0) is 20.9. The first-order valence-corrected chi connectivity index (χ1v) is 10.5.